The first-order valence-electron chi connectivity index (χ1n) is 6.57. The molecule has 0 heterocycles. The SMILES string of the molecule is CC(C)[N+](C)(Cc1ccccc1)c1ccccc1. The molecule has 0 spiro atoms. The van der Waals surface area contributed by atoms with Gasteiger partial charge in [-0.25, -0.2) is 0 Å². The number of quaternary nitrogens is 1. The average Bonchev–Trinajstić information content (AvgIpc) is 2.40. The molecule has 0 N–H and O–H groups in total. The van der Waals surface area contributed by atoms with E-state index in [0.717, 1.165) is 11.0 Å². The molecule has 2 rings (SSSR count). The minimum atomic E-state index is 0.549. The summed E-state index contributed by atoms with van der Waals surface area (Å²) >= 11 is 0. The standard InChI is InChI=1S/C17H22N/c1-15(2)18(3,17-12-8-5-9-13-17)14-16-10-6-4-7-11-16/h4-13,15H,14H2,1-3H3/q+1. The Hall–Kier alpha value is -1.60. The minimum Gasteiger partial charge on any atom is -0.288 e. The van der Waals surface area contributed by atoms with Gasteiger partial charge in [0.15, 0.2) is 0 Å². The molecular formula is C17H22N+. The first kappa shape index (κ1) is 12.8. The van der Waals surface area contributed by atoms with E-state index in [9.17, 15) is 0 Å². The maximum atomic E-state index is 2.31. The zero-order valence-corrected chi connectivity index (χ0v) is 11.5. The fourth-order valence-corrected chi connectivity index (χ4v) is 2.30. The molecule has 0 aliphatic rings. The summed E-state index contributed by atoms with van der Waals surface area (Å²) in [6, 6.07) is 22.1. The van der Waals surface area contributed by atoms with Crippen LogP contribution in [0.5, 0.6) is 0 Å². The Morgan fingerprint density at radius 3 is 1.83 bits per heavy atom. The molecule has 0 aliphatic heterocycles. The first-order chi connectivity index (χ1) is 8.63. The van der Waals surface area contributed by atoms with Crippen molar-refractivity contribution in [1.29, 1.82) is 0 Å². The summed E-state index contributed by atoms with van der Waals surface area (Å²) in [6.07, 6.45) is 0. The van der Waals surface area contributed by atoms with Gasteiger partial charge in [-0.3, -0.25) is 4.48 Å². The number of benzene rings is 2. The third kappa shape index (κ3) is 2.62. The minimum absolute atomic E-state index is 0.549. The summed E-state index contributed by atoms with van der Waals surface area (Å²) < 4.78 is 0.935. The second kappa shape index (κ2) is 5.36. The molecule has 0 saturated heterocycles. The molecule has 94 valence electrons. The lowest BCUT2D eigenvalue weighted by Gasteiger charge is -2.38. The van der Waals surface area contributed by atoms with E-state index >= 15 is 0 Å². The maximum Gasteiger partial charge on any atom is 0.133 e. The topological polar surface area (TPSA) is 0 Å². The lowest BCUT2D eigenvalue weighted by atomic mass is 10.1. The van der Waals surface area contributed by atoms with Gasteiger partial charge in [-0.1, -0.05) is 48.5 Å². The molecule has 0 bridgehead atoms. The normalized spacial score (nSPS) is 14.4. The quantitative estimate of drug-likeness (QED) is 0.701. The predicted molar refractivity (Wildman–Crippen MR) is 79.4 cm³/mol. The highest BCUT2D eigenvalue weighted by Crippen LogP contribution is 2.26. The van der Waals surface area contributed by atoms with Crippen LogP contribution in [0.2, 0.25) is 0 Å². The average molecular weight is 240 g/mol. The van der Waals surface area contributed by atoms with Gasteiger partial charge in [-0.15, -0.1) is 0 Å². The molecule has 0 aliphatic carbocycles. The van der Waals surface area contributed by atoms with Gasteiger partial charge >= 0.3 is 0 Å². The van der Waals surface area contributed by atoms with Gasteiger partial charge in [0.2, 0.25) is 0 Å². The van der Waals surface area contributed by atoms with Crippen molar-refractivity contribution in [1.82, 2.24) is 4.48 Å². The van der Waals surface area contributed by atoms with Gasteiger partial charge in [-0.05, 0) is 26.0 Å². The first-order valence-corrected chi connectivity index (χ1v) is 6.57. The van der Waals surface area contributed by atoms with Crippen LogP contribution in [0.3, 0.4) is 0 Å². The Morgan fingerprint density at radius 2 is 1.33 bits per heavy atom. The monoisotopic (exact) mass is 240 g/mol. The highest BCUT2D eigenvalue weighted by Gasteiger charge is 2.28. The van der Waals surface area contributed by atoms with Gasteiger partial charge in [0, 0.05) is 5.56 Å². The Kier molecular flexibility index (Phi) is 3.83. The van der Waals surface area contributed by atoms with Gasteiger partial charge in [0.1, 0.15) is 12.2 Å². The molecule has 2 aromatic carbocycles. The van der Waals surface area contributed by atoms with Crippen molar-refractivity contribution in [2.75, 3.05) is 7.05 Å². The second-order valence-electron chi connectivity index (χ2n) is 5.34. The summed E-state index contributed by atoms with van der Waals surface area (Å²) in [6.45, 7) is 5.61. The van der Waals surface area contributed by atoms with E-state index < -0.39 is 0 Å². The van der Waals surface area contributed by atoms with Crippen LogP contribution in [0.15, 0.2) is 60.7 Å². The Morgan fingerprint density at radius 1 is 0.833 bits per heavy atom. The fraction of sp³-hybridized carbons (Fsp3) is 0.294. The Balaban J connectivity index is 2.34. The van der Waals surface area contributed by atoms with E-state index in [-0.39, 0.29) is 0 Å². The highest BCUT2D eigenvalue weighted by atomic mass is 15.4. The summed E-state index contributed by atoms with van der Waals surface area (Å²) in [5, 5.41) is 0. The predicted octanol–water partition coefficient (Wildman–Crippen LogP) is 4.23. The zero-order chi connectivity index (χ0) is 13.0. The van der Waals surface area contributed by atoms with Crippen LogP contribution < -0.4 is 4.48 Å². The Bertz CT molecular complexity index is 475. The highest BCUT2D eigenvalue weighted by molar-refractivity contribution is 5.43. The number of para-hydroxylation sites is 1. The van der Waals surface area contributed by atoms with Crippen LogP contribution in [0.4, 0.5) is 5.69 Å². The van der Waals surface area contributed by atoms with Gasteiger partial charge < -0.3 is 0 Å². The summed E-state index contributed by atoms with van der Waals surface area (Å²) in [7, 11) is 2.31. The molecule has 0 aromatic heterocycles. The number of rotatable bonds is 4. The largest absolute Gasteiger partial charge is 0.288 e. The molecule has 1 atom stereocenters. The van der Waals surface area contributed by atoms with Gasteiger partial charge in [0.25, 0.3) is 0 Å². The summed E-state index contributed by atoms with van der Waals surface area (Å²) in [5.74, 6) is 0. The van der Waals surface area contributed by atoms with Crippen molar-refractivity contribution in [3.8, 4) is 0 Å². The van der Waals surface area contributed by atoms with E-state index in [1.165, 1.54) is 11.3 Å². The van der Waals surface area contributed by atoms with Crippen LogP contribution in [0.1, 0.15) is 19.4 Å². The van der Waals surface area contributed by atoms with Crippen molar-refractivity contribution in [2.24, 2.45) is 0 Å². The third-order valence-electron chi connectivity index (χ3n) is 3.84. The van der Waals surface area contributed by atoms with Crippen LogP contribution >= 0.6 is 0 Å². The molecule has 0 amide bonds. The number of hydrogen-bond acceptors (Lipinski definition) is 0. The van der Waals surface area contributed by atoms with Gasteiger partial charge in [-0.2, -0.15) is 0 Å². The molecule has 1 unspecified atom stereocenters. The van der Waals surface area contributed by atoms with Crippen LogP contribution in [0.25, 0.3) is 0 Å². The van der Waals surface area contributed by atoms with Crippen molar-refractivity contribution < 1.29 is 0 Å². The lowest BCUT2D eigenvalue weighted by molar-refractivity contribution is 0.263. The van der Waals surface area contributed by atoms with E-state index in [1.54, 1.807) is 0 Å². The molecule has 18 heavy (non-hydrogen) atoms. The smallest absolute Gasteiger partial charge is 0.133 e. The maximum absolute atomic E-state index is 2.31. The zero-order valence-electron chi connectivity index (χ0n) is 11.5. The third-order valence-corrected chi connectivity index (χ3v) is 3.84. The van der Waals surface area contributed by atoms with Crippen LogP contribution in [0, 0.1) is 0 Å². The van der Waals surface area contributed by atoms with E-state index in [0.29, 0.717) is 6.04 Å². The molecule has 0 fully saturated rings. The van der Waals surface area contributed by atoms with E-state index in [4.69, 9.17) is 0 Å². The van der Waals surface area contributed by atoms with Crippen molar-refractivity contribution in [2.45, 2.75) is 26.4 Å². The van der Waals surface area contributed by atoms with Crippen molar-refractivity contribution in [3.05, 3.63) is 66.2 Å². The molecule has 0 saturated carbocycles. The van der Waals surface area contributed by atoms with E-state index in [2.05, 4.69) is 81.6 Å². The number of nitrogens with zero attached hydrogens (tertiary/aromatic N) is 1. The molecule has 0 radical (unpaired) electrons. The number of hydrogen-bond donors (Lipinski definition) is 0. The van der Waals surface area contributed by atoms with Crippen LogP contribution in [-0.2, 0) is 6.54 Å². The summed E-state index contributed by atoms with van der Waals surface area (Å²) in [4.78, 5) is 0. The molecular weight excluding hydrogens is 218 g/mol. The van der Waals surface area contributed by atoms with Crippen molar-refractivity contribution in [3.63, 3.8) is 0 Å². The summed E-state index contributed by atoms with van der Waals surface area (Å²) in [5.41, 5.74) is 2.76. The Labute approximate surface area is 110 Å². The fourth-order valence-electron chi connectivity index (χ4n) is 2.30. The van der Waals surface area contributed by atoms with Gasteiger partial charge in [0.05, 0.1) is 13.1 Å². The van der Waals surface area contributed by atoms with Crippen molar-refractivity contribution >= 4 is 5.69 Å². The van der Waals surface area contributed by atoms with E-state index in [1.807, 2.05) is 0 Å². The molecule has 1 nitrogen and oxygen atoms in total. The molecule has 2 aromatic rings. The second-order valence-corrected chi connectivity index (χ2v) is 5.34. The van der Waals surface area contributed by atoms with Crippen LogP contribution in [-0.4, -0.2) is 13.1 Å². The lowest BCUT2D eigenvalue weighted by Crippen LogP contribution is -2.50. The molecule has 1 heteroatoms.